The van der Waals surface area contributed by atoms with Crippen LogP contribution in [0.5, 0.6) is 0 Å². The predicted octanol–water partition coefficient (Wildman–Crippen LogP) is 1.38. The quantitative estimate of drug-likeness (QED) is 0.616. The van der Waals surface area contributed by atoms with Gasteiger partial charge in [-0.25, -0.2) is 0 Å². The molecule has 0 saturated heterocycles. The molecule has 4 heteroatoms. The highest BCUT2D eigenvalue weighted by Gasteiger charge is 2.23. The summed E-state index contributed by atoms with van der Waals surface area (Å²) in [6.07, 6.45) is 4.18. The van der Waals surface area contributed by atoms with Crippen LogP contribution in [0.3, 0.4) is 0 Å². The molecule has 0 aliphatic heterocycles. The van der Waals surface area contributed by atoms with Crippen molar-refractivity contribution >= 4 is 11.8 Å². The Bertz CT molecular complexity index is 249. The molecule has 0 N–H and O–H groups in total. The summed E-state index contributed by atoms with van der Waals surface area (Å²) in [5, 5.41) is 0. The van der Waals surface area contributed by atoms with Crippen molar-refractivity contribution in [2.75, 3.05) is 20.2 Å². The van der Waals surface area contributed by atoms with E-state index in [2.05, 4.69) is 4.90 Å². The van der Waals surface area contributed by atoms with E-state index in [0.717, 1.165) is 0 Å². The second-order valence-corrected chi connectivity index (χ2v) is 4.34. The maximum Gasteiger partial charge on any atom is 0.306 e. The molecule has 0 spiro atoms. The third-order valence-electron chi connectivity index (χ3n) is 3.04. The highest BCUT2D eigenvalue weighted by Crippen LogP contribution is 2.23. The van der Waals surface area contributed by atoms with E-state index >= 15 is 0 Å². The minimum Gasteiger partial charge on any atom is -0.466 e. The second kappa shape index (κ2) is 6.63. The summed E-state index contributed by atoms with van der Waals surface area (Å²) in [7, 11) is 1.98. The molecular formula is C12H21NO3. The fraction of sp³-hybridized carbons (Fsp3) is 0.833. The zero-order valence-corrected chi connectivity index (χ0v) is 10.2. The minimum absolute atomic E-state index is 0.127. The Morgan fingerprint density at radius 2 is 2.00 bits per heavy atom. The van der Waals surface area contributed by atoms with Gasteiger partial charge in [0.05, 0.1) is 19.6 Å². The summed E-state index contributed by atoms with van der Waals surface area (Å²) in [6, 6.07) is 0.576. The Hall–Kier alpha value is -0.900. The fourth-order valence-corrected chi connectivity index (χ4v) is 1.79. The van der Waals surface area contributed by atoms with Crippen LogP contribution >= 0.6 is 0 Å². The van der Waals surface area contributed by atoms with Crippen LogP contribution in [0.1, 0.15) is 39.0 Å². The standard InChI is InChI=1S/C12H21NO3/c1-3-16-12(15)8-7-11(14)9-13(2)10-5-4-6-10/h10H,3-9H2,1-2H3. The van der Waals surface area contributed by atoms with E-state index in [1.54, 1.807) is 6.92 Å². The Balaban J connectivity index is 2.12. The summed E-state index contributed by atoms with van der Waals surface area (Å²) in [4.78, 5) is 24.7. The zero-order chi connectivity index (χ0) is 12.0. The highest BCUT2D eigenvalue weighted by atomic mass is 16.5. The lowest BCUT2D eigenvalue weighted by Crippen LogP contribution is -2.40. The van der Waals surface area contributed by atoms with Crippen molar-refractivity contribution < 1.29 is 14.3 Å². The first-order valence-corrected chi connectivity index (χ1v) is 6.01. The number of carbonyl (C=O) groups is 2. The van der Waals surface area contributed by atoms with E-state index in [1.807, 2.05) is 7.05 Å². The van der Waals surface area contributed by atoms with Gasteiger partial charge in [-0.1, -0.05) is 6.42 Å². The average molecular weight is 227 g/mol. The molecular weight excluding hydrogens is 206 g/mol. The second-order valence-electron chi connectivity index (χ2n) is 4.34. The van der Waals surface area contributed by atoms with Gasteiger partial charge >= 0.3 is 5.97 Å². The monoisotopic (exact) mass is 227 g/mol. The molecule has 92 valence electrons. The first-order valence-electron chi connectivity index (χ1n) is 6.01. The lowest BCUT2D eigenvalue weighted by atomic mass is 9.91. The lowest BCUT2D eigenvalue weighted by Gasteiger charge is -2.34. The van der Waals surface area contributed by atoms with Gasteiger partial charge in [-0.15, -0.1) is 0 Å². The van der Waals surface area contributed by atoms with Crippen LogP contribution in [0.2, 0.25) is 0 Å². The molecule has 0 radical (unpaired) electrons. The largest absolute Gasteiger partial charge is 0.466 e. The van der Waals surface area contributed by atoms with Gasteiger partial charge < -0.3 is 4.74 Å². The van der Waals surface area contributed by atoms with Gasteiger partial charge in [0.1, 0.15) is 5.78 Å². The number of ether oxygens (including phenoxy) is 1. The van der Waals surface area contributed by atoms with Crippen molar-refractivity contribution in [3.8, 4) is 0 Å². The van der Waals surface area contributed by atoms with Crippen LogP contribution in [0, 0.1) is 0 Å². The van der Waals surface area contributed by atoms with E-state index in [1.165, 1.54) is 19.3 Å². The van der Waals surface area contributed by atoms with Crippen LogP contribution in [-0.2, 0) is 14.3 Å². The molecule has 1 aliphatic rings. The third kappa shape index (κ3) is 4.31. The van der Waals surface area contributed by atoms with Gasteiger partial charge in [0.15, 0.2) is 0 Å². The van der Waals surface area contributed by atoms with Crippen molar-refractivity contribution in [2.45, 2.75) is 45.1 Å². The summed E-state index contributed by atoms with van der Waals surface area (Å²) in [6.45, 7) is 2.61. The predicted molar refractivity (Wildman–Crippen MR) is 61.1 cm³/mol. The van der Waals surface area contributed by atoms with E-state index < -0.39 is 0 Å². The molecule has 0 amide bonds. The fourth-order valence-electron chi connectivity index (χ4n) is 1.79. The van der Waals surface area contributed by atoms with Gasteiger partial charge in [0.25, 0.3) is 0 Å². The van der Waals surface area contributed by atoms with Gasteiger partial charge in [0, 0.05) is 12.5 Å². The number of rotatable bonds is 7. The molecule has 0 aromatic rings. The van der Waals surface area contributed by atoms with E-state index in [9.17, 15) is 9.59 Å². The molecule has 0 bridgehead atoms. The van der Waals surface area contributed by atoms with E-state index in [0.29, 0.717) is 25.6 Å². The Morgan fingerprint density at radius 1 is 1.31 bits per heavy atom. The van der Waals surface area contributed by atoms with E-state index in [4.69, 9.17) is 4.74 Å². The van der Waals surface area contributed by atoms with Crippen LogP contribution < -0.4 is 0 Å². The molecule has 0 unspecified atom stereocenters. The van der Waals surface area contributed by atoms with Gasteiger partial charge in [-0.2, -0.15) is 0 Å². The summed E-state index contributed by atoms with van der Waals surface area (Å²) < 4.78 is 4.77. The Morgan fingerprint density at radius 3 is 2.50 bits per heavy atom. The number of esters is 1. The number of ketones is 1. The Kier molecular flexibility index (Phi) is 5.46. The summed E-state index contributed by atoms with van der Waals surface area (Å²) >= 11 is 0. The van der Waals surface area contributed by atoms with Gasteiger partial charge in [-0.05, 0) is 26.8 Å². The highest BCUT2D eigenvalue weighted by molar-refractivity contribution is 5.84. The maximum absolute atomic E-state index is 11.6. The molecule has 1 saturated carbocycles. The normalized spacial score (nSPS) is 15.9. The van der Waals surface area contributed by atoms with E-state index in [-0.39, 0.29) is 18.2 Å². The Labute approximate surface area is 96.9 Å². The van der Waals surface area contributed by atoms with Crippen LogP contribution in [0.25, 0.3) is 0 Å². The number of nitrogens with zero attached hydrogens (tertiary/aromatic N) is 1. The van der Waals surface area contributed by atoms with Crippen molar-refractivity contribution in [1.29, 1.82) is 0 Å². The topological polar surface area (TPSA) is 46.6 Å². The van der Waals surface area contributed by atoms with Crippen molar-refractivity contribution in [2.24, 2.45) is 0 Å². The minimum atomic E-state index is -0.276. The average Bonchev–Trinajstić information content (AvgIpc) is 2.12. The molecule has 4 nitrogen and oxygen atoms in total. The van der Waals surface area contributed by atoms with Crippen LogP contribution in [0.4, 0.5) is 0 Å². The summed E-state index contributed by atoms with van der Waals surface area (Å²) in [5.41, 5.74) is 0. The first-order chi connectivity index (χ1) is 7.63. The molecule has 16 heavy (non-hydrogen) atoms. The summed E-state index contributed by atoms with van der Waals surface area (Å²) in [5.74, 6) is -0.149. The molecule has 1 aliphatic carbocycles. The van der Waals surface area contributed by atoms with Crippen molar-refractivity contribution in [3.63, 3.8) is 0 Å². The maximum atomic E-state index is 11.6. The molecule has 0 aromatic heterocycles. The lowest BCUT2D eigenvalue weighted by molar-refractivity contribution is -0.144. The molecule has 0 heterocycles. The molecule has 0 atom stereocenters. The number of hydrogen-bond donors (Lipinski definition) is 0. The van der Waals surface area contributed by atoms with Gasteiger partial charge in [-0.3, -0.25) is 14.5 Å². The van der Waals surface area contributed by atoms with Crippen LogP contribution in [0.15, 0.2) is 0 Å². The number of hydrogen-bond acceptors (Lipinski definition) is 4. The number of Topliss-reactive ketones (excluding diaryl/α,β-unsaturated/α-hetero) is 1. The first kappa shape index (κ1) is 13.2. The van der Waals surface area contributed by atoms with Gasteiger partial charge in [0.2, 0.25) is 0 Å². The molecule has 0 aromatic carbocycles. The smallest absolute Gasteiger partial charge is 0.306 e. The zero-order valence-electron chi connectivity index (χ0n) is 10.2. The van der Waals surface area contributed by atoms with Crippen molar-refractivity contribution in [3.05, 3.63) is 0 Å². The molecule has 1 fully saturated rings. The molecule has 1 rings (SSSR count). The SMILES string of the molecule is CCOC(=O)CCC(=O)CN(C)C1CCC1. The van der Waals surface area contributed by atoms with Crippen molar-refractivity contribution in [1.82, 2.24) is 4.90 Å². The number of carbonyl (C=O) groups excluding carboxylic acids is 2. The third-order valence-corrected chi connectivity index (χ3v) is 3.04. The van der Waals surface area contributed by atoms with Crippen LogP contribution in [-0.4, -0.2) is 42.9 Å². The number of likely N-dealkylation sites (N-methyl/N-ethyl adjacent to an activating group) is 1.